The summed E-state index contributed by atoms with van der Waals surface area (Å²) in [6.07, 6.45) is 7.26. The van der Waals surface area contributed by atoms with Gasteiger partial charge in [-0.2, -0.15) is 0 Å². The topological polar surface area (TPSA) is 223 Å². The summed E-state index contributed by atoms with van der Waals surface area (Å²) in [6, 6.07) is 2.54. The number of hydrogen-bond donors (Lipinski definition) is 4. The Morgan fingerprint density at radius 1 is 0.657 bits per heavy atom. The first-order valence-corrected chi connectivity index (χ1v) is 24.5. The first-order chi connectivity index (χ1) is 33.8. The van der Waals surface area contributed by atoms with Gasteiger partial charge in [0.2, 0.25) is 0 Å². The molecule has 0 heterocycles. The van der Waals surface area contributed by atoms with Crippen molar-refractivity contribution in [2.75, 3.05) is 66.3 Å². The number of benzene rings is 5. The van der Waals surface area contributed by atoms with Gasteiger partial charge in [-0.15, -0.1) is 0 Å². The number of aliphatic hydroxyl groups excluding tert-OH is 2. The summed E-state index contributed by atoms with van der Waals surface area (Å²) in [6.45, 7) is 4.32. The molecule has 2 saturated carbocycles. The van der Waals surface area contributed by atoms with Gasteiger partial charge < -0.3 is 53.8 Å². The number of nitrogens with one attached hydrogen (secondary N) is 1. The molecule has 3 aliphatic rings. The Hall–Kier alpha value is -5.49. The lowest BCUT2D eigenvalue weighted by Gasteiger charge is -2.33. The van der Waals surface area contributed by atoms with E-state index in [1.165, 1.54) is 26.2 Å². The van der Waals surface area contributed by atoms with Crippen molar-refractivity contribution in [1.29, 1.82) is 0 Å². The number of allylic oxidation sites excluding steroid dienone is 1. The lowest BCUT2D eigenvalue weighted by molar-refractivity contribution is -0.153. The van der Waals surface area contributed by atoms with Crippen LogP contribution in [0.4, 0.5) is 5.69 Å². The highest BCUT2D eigenvalue weighted by atomic mass is 16.6. The molecule has 70 heavy (non-hydrogen) atoms. The Kier molecular flexibility index (Phi) is 16.2. The number of ether oxygens (including phenoxy) is 7. The Morgan fingerprint density at radius 2 is 1.19 bits per heavy atom. The highest BCUT2D eigenvalue weighted by molar-refractivity contribution is 6.39. The highest BCUT2D eigenvalue weighted by Crippen LogP contribution is 2.56. The van der Waals surface area contributed by atoms with Crippen LogP contribution in [0.2, 0.25) is 0 Å². The predicted molar refractivity (Wildman–Crippen MR) is 264 cm³/mol. The fourth-order valence-corrected chi connectivity index (χ4v) is 11.4. The number of esters is 2. The van der Waals surface area contributed by atoms with E-state index in [0.717, 1.165) is 11.1 Å². The van der Waals surface area contributed by atoms with E-state index in [4.69, 9.17) is 33.2 Å². The van der Waals surface area contributed by atoms with Crippen molar-refractivity contribution in [3.8, 4) is 11.5 Å². The van der Waals surface area contributed by atoms with Crippen molar-refractivity contribution in [2.24, 2.45) is 5.92 Å². The molecular formula is C54H65NO15. The molecule has 1 unspecified atom stereocenters. The number of fused-ring (bicyclic) bond motifs is 1. The van der Waals surface area contributed by atoms with Gasteiger partial charge in [0.1, 0.15) is 18.0 Å². The molecule has 0 radical (unpaired) electrons. The zero-order chi connectivity index (χ0) is 49.8. The molecule has 376 valence electrons. The maximum atomic E-state index is 15.1. The fraction of sp³-hybridized carbons (Fsp3) is 0.537. The molecule has 0 aromatic heterocycles. The van der Waals surface area contributed by atoms with Gasteiger partial charge in [0.25, 0.3) is 0 Å². The summed E-state index contributed by atoms with van der Waals surface area (Å²) in [4.78, 5) is 68.9. The van der Waals surface area contributed by atoms with Crippen molar-refractivity contribution >= 4 is 72.6 Å². The van der Waals surface area contributed by atoms with E-state index in [9.17, 15) is 34.5 Å². The van der Waals surface area contributed by atoms with Crippen molar-refractivity contribution in [2.45, 2.75) is 122 Å². The number of ketones is 1. The summed E-state index contributed by atoms with van der Waals surface area (Å²) >= 11 is 0. The van der Waals surface area contributed by atoms with Crippen LogP contribution >= 0.6 is 0 Å². The number of aliphatic hydroxyl groups is 2. The van der Waals surface area contributed by atoms with Crippen LogP contribution in [0.3, 0.4) is 0 Å². The van der Waals surface area contributed by atoms with Crippen LogP contribution in [0.25, 0.3) is 49.2 Å². The molecule has 4 N–H and O–H groups in total. The van der Waals surface area contributed by atoms with Gasteiger partial charge in [0, 0.05) is 36.6 Å². The molecule has 0 amide bonds. The van der Waals surface area contributed by atoms with Crippen LogP contribution in [0.1, 0.15) is 112 Å². The van der Waals surface area contributed by atoms with Crippen molar-refractivity contribution < 1.29 is 62.9 Å². The Labute approximate surface area is 405 Å². The Bertz CT molecular complexity index is 2900. The number of anilines is 1. The second-order valence-electron chi connectivity index (χ2n) is 19.0. The molecule has 0 aliphatic heterocycles. The van der Waals surface area contributed by atoms with Crippen molar-refractivity contribution in [3.63, 3.8) is 0 Å². The molecule has 5 aromatic rings. The van der Waals surface area contributed by atoms with Crippen LogP contribution in [0, 0.1) is 5.92 Å². The average molecular weight is 968 g/mol. The quantitative estimate of drug-likeness (QED) is 0.0245. The summed E-state index contributed by atoms with van der Waals surface area (Å²) in [5.41, 5.74) is 2.78. The third-order valence-corrected chi connectivity index (χ3v) is 14.6. The monoisotopic (exact) mass is 967 g/mol. The molecule has 16 nitrogen and oxygen atoms in total. The van der Waals surface area contributed by atoms with Crippen LogP contribution in [0.15, 0.2) is 27.3 Å². The van der Waals surface area contributed by atoms with Gasteiger partial charge in [-0.05, 0) is 133 Å². The number of Topliss-reactive ketones (excluding diaryl/α,β-unsaturated/α-hetero) is 1. The van der Waals surface area contributed by atoms with E-state index in [1.807, 2.05) is 13.0 Å². The first kappa shape index (κ1) is 50.9. The van der Waals surface area contributed by atoms with Gasteiger partial charge in [-0.3, -0.25) is 24.0 Å². The summed E-state index contributed by atoms with van der Waals surface area (Å²) in [7, 11) is 4.55. The normalized spacial score (nSPS) is 20.3. The predicted octanol–water partition coefficient (Wildman–Crippen LogP) is 6.70. The van der Waals surface area contributed by atoms with Crippen molar-refractivity contribution in [1.82, 2.24) is 0 Å². The second kappa shape index (κ2) is 22.3. The maximum absolute atomic E-state index is 15.1. The maximum Gasteiger partial charge on any atom is 0.308 e. The SMILES string of the molecule is COCCOCCC(=O)OC1CCC(Cc2c(NC3CCC(OC(=O)CCOCCOC)CC3)c3c(=O)cc(CO)c4c5c(CO)cc(=O)c6c(O)c(OC)c7c(c(c2C=C(C)C7C(C)=O)c34)c65)CC1. The molecule has 1 atom stereocenters. The molecular weight excluding hydrogens is 903 g/mol. The number of phenolic OH excluding ortho intramolecular Hbond substituents is 1. The minimum atomic E-state index is -0.938. The zero-order valence-electron chi connectivity index (χ0n) is 40.8. The van der Waals surface area contributed by atoms with Crippen LogP contribution in [-0.4, -0.2) is 112 Å². The number of hydrogen-bond acceptors (Lipinski definition) is 16. The lowest BCUT2D eigenvalue weighted by Crippen LogP contribution is -2.32. The molecule has 0 bridgehead atoms. The standard InChI is InChI=1S/C54H65NO15/c1-28-22-36-37(23-30-6-10-34(11-7-30)69-40(61)14-16-67-20-18-64-3)52(55-33-8-12-35(13-9-33)70-41(62)15-17-68-21-19-65-4)46-38(59)24-31(26-56)43-44-32(27-57)25-39(60)47-49(44)50(45(36)48(43)46)51(42(28)29(2)58)54(66-5)53(47)63/h22,24-25,30,33-35,42,55-57,63H,6-21,23,26-27H2,1-5H3. The number of carbonyl (C=O) groups is 3. The van der Waals surface area contributed by atoms with E-state index in [1.54, 1.807) is 14.2 Å². The van der Waals surface area contributed by atoms with Crippen LogP contribution < -0.4 is 20.9 Å². The summed E-state index contributed by atoms with van der Waals surface area (Å²) in [5, 5.41) is 41.0. The summed E-state index contributed by atoms with van der Waals surface area (Å²) < 4.78 is 38.7. The van der Waals surface area contributed by atoms with Gasteiger partial charge in [0.15, 0.2) is 22.4 Å². The molecule has 2 fully saturated rings. The minimum Gasteiger partial charge on any atom is -0.504 e. The second-order valence-corrected chi connectivity index (χ2v) is 19.0. The number of methoxy groups -OCH3 is 3. The third-order valence-electron chi connectivity index (χ3n) is 14.6. The molecule has 5 aromatic carbocycles. The number of rotatable bonds is 22. The molecule has 0 spiro atoms. The van der Waals surface area contributed by atoms with Gasteiger partial charge in [-0.25, -0.2) is 0 Å². The van der Waals surface area contributed by atoms with E-state index in [-0.39, 0.29) is 95.6 Å². The molecule has 8 rings (SSSR count). The van der Waals surface area contributed by atoms with Crippen LogP contribution in [-0.2, 0) is 62.4 Å². The Balaban J connectivity index is 1.28. The number of phenols is 1. The van der Waals surface area contributed by atoms with Crippen LogP contribution in [0.5, 0.6) is 11.5 Å². The fourth-order valence-electron chi connectivity index (χ4n) is 11.4. The van der Waals surface area contributed by atoms with Crippen molar-refractivity contribution in [3.05, 3.63) is 66.0 Å². The lowest BCUT2D eigenvalue weighted by atomic mass is 9.77. The van der Waals surface area contributed by atoms with Gasteiger partial charge in [-0.1, -0.05) is 11.6 Å². The van der Waals surface area contributed by atoms with Gasteiger partial charge >= 0.3 is 11.9 Å². The number of aromatic hydroxyl groups is 1. The zero-order valence-corrected chi connectivity index (χ0v) is 40.8. The summed E-state index contributed by atoms with van der Waals surface area (Å²) in [5.74, 6) is -2.23. The van der Waals surface area contributed by atoms with E-state index in [0.29, 0.717) is 139 Å². The smallest absolute Gasteiger partial charge is 0.308 e. The first-order valence-electron chi connectivity index (χ1n) is 24.5. The highest BCUT2D eigenvalue weighted by Gasteiger charge is 2.38. The third kappa shape index (κ3) is 9.91. The molecule has 0 saturated heterocycles. The Morgan fingerprint density at radius 3 is 1.70 bits per heavy atom. The largest absolute Gasteiger partial charge is 0.504 e. The number of carbonyl (C=O) groups excluding carboxylic acids is 3. The van der Waals surface area contributed by atoms with E-state index < -0.39 is 30.3 Å². The van der Waals surface area contributed by atoms with Gasteiger partial charge in [0.05, 0.1) is 95.2 Å². The minimum absolute atomic E-state index is 0.0328. The molecule has 3 aliphatic carbocycles. The molecule has 16 heteroatoms. The average Bonchev–Trinajstić information content (AvgIpc) is 3.47. The van der Waals surface area contributed by atoms with E-state index >= 15 is 4.79 Å². The van der Waals surface area contributed by atoms with E-state index in [2.05, 4.69) is 5.32 Å².